The number of rotatable bonds is 6. The molecule has 55 heavy (non-hydrogen) atoms. The molecule has 0 spiro atoms. The molecule has 1 N–H and O–H groups in total. The lowest BCUT2D eigenvalue weighted by Gasteiger charge is -2.26. The van der Waals surface area contributed by atoms with Gasteiger partial charge in [0.05, 0.1) is 16.7 Å². The van der Waals surface area contributed by atoms with E-state index in [4.69, 9.17) is 15.0 Å². The maximum absolute atomic E-state index is 12.1. The van der Waals surface area contributed by atoms with E-state index in [9.17, 15) is 5.11 Å². The normalized spacial score (nSPS) is 12.0. The summed E-state index contributed by atoms with van der Waals surface area (Å²) in [5.41, 5.74) is 13.9. The Morgan fingerprint density at radius 2 is 1.16 bits per heavy atom. The van der Waals surface area contributed by atoms with Gasteiger partial charge in [0.1, 0.15) is 11.4 Å². The van der Waals surface area contributed by atoms with Crippen LogP contribution in [0.4, 0.5) is 0 Å². The zero-order valence-corrected chi connectivity index (χ0v) is 32.6. The van der Waals surface area contributed by atoms with Gasteiger partial charge in [0.2, 0.25) is 0 Å². The maximum Gasteiger partial charge on any atom is 0.168 e. The van der Waals surface area contributed by atoms with Crippen molar-refractivity contribution in [1.29, 1.82) is 0 Å². The molecule has 0 atom stereocenters. The van der Waals surface area contributed by atoms with E-state index in [1.54, 1.807) is 0 Å². The number of aromatic nitrogens is 4. The summed E-state index contributed by atoms with van der Waals surface area (Å²) in [5, 5.41) is 12.1. The first-order valence-corrected chi connectivity index (χ1v) is 18.9. The molecule has 0 aliphatic rings. The average molecular weight is 719 g/mol. The summed E-state index contributed by atoms with van der Waals surface area (Å²) >= 11 is 0. The van der Waals surface area contributed by atoms with Gasteiger partial charge in [-0.3, -0.25) is 9.55 Å². The molecule has 0 aliphatic heterocycles. The quantitative estimate of drug-likeness (QED) is 0.186. The van der Waals surface area contributed by atoms with Gasteiger partial charge in [-0.15, -0.1) is 0 Å². The maximum atomic E-state index is 12.1. The van der Waals surface area contributed by atoms with Crippen LogP contribution in [0, 0.1) is 6.92 Å². The number of hydrogen-bond acceptors (Lipinski definition) is 4. The number of aromatic hydroxyl groups is 1. The van der Waals surface area contributed by atoms with Crippen LogP contribution < -0.4 is 0 Å². The Morgan fingerprint density at radius 3 is 1.82 bits per heavy atom. The molecule has 272 valence electrons. The number of fused-ring (bicyclic) bond motifs is 1. The van der Waals surface area contributed by atoms with Gasteiger partial charge in [-0.25, -0.2) is 9.97 Å². The van der Waals surface area contributed by atoms with Crippen LogP contribution in [0.3, 0.4) is 0 Å². The highest BCUT2D eigenvalue weighted by Crippen LogP contribution is 2.43. The first-order chi connectivity index (χ1) is 26.4. The Hall–Kier alpha value is -6.33. The van der Waals surface area contributed by atoms with Gasteiger partial charge < -0.3 is 5.11 Å². The number of para-hydroxylation sites is 2. The van der Waals surface area contributed by atoms with Gasteiger partial charge in [-0.05, 0) is 94.3 Å². The Bertz CT molecular complexity index is 2660. The van der Waals surface area contributed by atoms with Crippen molar-refractivity contribution in [2.45, 2.75) is 59.3 Å². The fourth-order valence-electron chi connectivity index (χ4n) is 7.32. The minimum Gasteiger partial charge on any atom is -0.505 e. The van der Waals surface area contributed by atoms with Crippen LogP contribution in [0.2, 0.25) is 0 Å². The van der Waals surface area contributed by atoms with Crippen LogP contribution in [0.15, 0.2) is 146 Å². The van der Waals surface area contributed by atoms with Crippen LogP contribution in [0.1, 0.15) is 58.4 Å². The van der Waals surface area contributed by atoms with E-state index in [0.29, 0.717) is 11.5 Å². The minimum absolute atomic E-state index is 0.155. The molecule has 8 aromatic rings. The third-order valence-corrected chi connectivity index (χ3v) is 10.3. The SMILES string of the molecule is Cc1cnc(-c2cc(-c3ccccc3)cc(-c3cccc4c3nc(-c3nc(C(C)(C)C)cc(C(C)(C)C)c3O)n4-c3ccccc3)c2)cc1-c1ccccc1. The van der Waals surface area contributed by atoms with E-state index >= 15 is 0 Å². The van der Waals surface area contributed by atoms with Gasteiger partial charge in [0.25, 0.3) is 0 Å². The third kappa shape index (κ3) is 6.83. The monoisotopic (exact) mass is 718 g/mol. The highest BCUT2D eigenvalue weighted by molar-refractivity contribution is 5.97. The lowest BCUT2D eigenvalue weighted by atomic mass is 9.82. The highest BCUT2D eigenvalue weighted by atomic mass is 16.3. The smallest absolute Gasteiger partial charge is 0.168 e. The lowest BCUT2D eigenvalue weighted by molar-refractivity contribution is 0.441. The fourth-order valence-corrected chi connectivity index (χ4v) is 7.32. The predicted octanol–water partition coefficient (Wildman–Crippen LogP) is 12.8. The first-order valence-electron chi connectivity index (χ1n) is 18.9. The summed E-state index contributed by atoms with van der Waals surface area (Å²) in [5.74, 6) is 0.748. The van der Waals surface area contributed by atoms with E-state index in [1.165, 1.54) is 0 Å². The van der Waals surface area contributed by atoms with Crippen molar-refractivity contribution in [2.75, 3.05) is 0 Å². The van der Waals surface area contributed by atoms with Crippen molar-refractivity contribution in [3.63, 3.8) is 0 Å². The summed E-state index contributed by atoms with van der Waals surface area (Å²) in [4.78, 5) is 15.6. The third-order valence-electron chi connectivity index (χ3n) is 10.3. The molecule has 5 heteroatoms. The van der Waals surface area contributed by atoms with Gasteiger partial charge >= 0.3 is 0 Å². The highest BCUT2D eigenvalue weighted by Gasteiger charge is 2.30. The molecule has 0 saturated heterocycles. The Balaban J connectivity index is 1.41. The van der Waals surface area contributed by atoms with E-state index < -0.39 is 0 Å². The van der Waals surface area contributed by atoms with Crippen molar-refractivity contribution in [1.82, 2.24) is 19.5 Å². The van der Waals surface area contributed by atoms with E-state index in [0.717, 1.165) is 78.2 Å². The fraction of sp³-hybridized carbons (Fsp3) is 0.180. The van der Waals surface area contributed by atoms with Gasteiger partial charge in [-0.2, -0.15) is 0 Å². The summed E-state index contributed by atoms with van der Waals surface area (Å²) < 4.78 is 2.13. The number of pyridine rings is 2. The van der Waals surface area contributed by atoms with Crippen molar-refractivity contribution < 1.29 is 5.11 Å². The molecule has 5 nitrogen and oxygen atoms in total. The van der Waals surface area contributed by atoms with Crippen LogP contribution >= 0.6 is 0 Å². The first kappa shape index (κ1) is 35.7. The number of imidazole rings is 1. The standard InChI is InChI=1S/C50H46N4O/c1-32-31-51-42(29-40(32)34-20-13-9-14-21-34)37-27-35(33-18-11-8-12-19-33)26-36(28-37)39-24-17-25-43-45(39)53-48(54(43)38-22-15-10-16-23-38)46-47(55)41(49(2,3)4)30-44(52-46)50(5,6)7/h8-31,55H,1-7H3. The minimum atomic E-state index is -0.324. The Kier molecular flexibility index (Phi) is 8.97. The molecule has 0 fully saturated rings. The molecule has 0 unspecified atom stereocenters. The number of benzene rings is 5. The second-order valence-corrected chi connectivity index (χ2v) is 16.4. The summed E-state index contributed by atoms with van der Waals surface area (Å²) in [6, 6.07) is 48.5. The van der Waals surface area contributed by atoms with Crippen molar-refractivity contribution in [3.8, 4) is 67.6 Å². The molecule has 3 heterocycles. The van der Waals surface area contributed by atoms with Crippen molar-refractivity contribution >= 4 is 11.0 Å². The van der Waals surface area contributed by atoms with Crippen LogP contribution in [0.25, 0.3) is 72.9 Å². The molecule has 0 amide bonds. The zero-order valence-electron chi connectivity index (χ0n) is 32.6. The molecule has 5 aromatic carbocycles. The Morgan fingerprint density at radius 1 is 0.545 bits per heavy atom. The second kappa shape index (κ2) is 13.8. The molecular weight excluding hydrogens is 673 g/mol. The number of nitrogens with zero attached hydrogens (tertiary/aromatic N) is 4. The molecule has 0 aliphatic carbocycles. The molecule has 8 rings (SSSR count). The van der Waals surface area contributed by atoms with E-state index in [1.807, 2.05) is 36.5 Å². The van der Waals surface area contributed by atoms with Gasteiger partial charge in [0, 0.05) is 39.7 Å². The Labute approximate surface area is 324 Å². The topological polar surface area (TPSA) is 63.8 Å². The van der Waals surface area contributed by atoms with E-state index in [2.05, 4.69) is 162 Å². The van der Waals surface area contributed by atoms with Crippen LogP contribution in [-0.4, -0.2) is 24.6 Å². The van der Waals surface area contributed by atoms with Crippen LogP contribution in [0.5, 0.6) is 5.75 Å². The van der Waals surface area contributed by atoms with Gasteiger partial charge in [-0.1, -0.05) is 133 Å². The molecule has 0 bridgehead atoms. The molecule has 3 aromatic heterocycles. The molecule has 0 saturated carbocycles. The summed E-state index contributed by atoms with van der Waals surface area (Å²) in [6.07, 6.45) is 1.97. The molecule has 0 radical (unpaired) electrons. The summed E-state index contributed by atoms with van der Waals surface area (Å²) in [7, 11) is 0. The molecular formula is C50H46N4O. The predicted molar refractivity (Wildman–Crippen MR) is 228 cm³/mol. The zero-order chi connectivity index (χ0) is 38.5. The van der Waals surface area contributed by atoms with E-state index in [-0.39, 0.29) is 16.6 Å². The van der Waals surface area contributed by atoms with Crippen LogP contribution in [-0.2, 0) is 10.8 Å². The van der Waals surface area contributed by atoms with Crippen molar-refractivity contribution in [2.24, 2.45) is 0 Å². The van der Waals surface area contributed by atoms with Gasteiger partial charge in [0.15, 0.2) is 5.82 Å². The second-order valence-electron chi connectivity index (χ2n) is 16.4. The number of hydrogen-bond donors (Lipinski definition) is 1. The van der Waals surface area contributed by atoms with Crippen molar-refractivity contribution in [3.05, 3.63) is 163 Å². The lowest BCUT2D eigenvalue weighted by Crippen LogP contribution is -2.19. The largest absolute Gasteiger partial charge is 0.505 e. The average Bonchev–Trinajstić information content (AvgIpc) is 3.58. The summed E-state index contributed by atoms with van der Waals surface area (Å²) in [6.45, 7) is 15.0. The number of aryl methyl sites for hydroxylation is 1.